The van der Waals surface area contributed by atoms with Gasteiger partial charge in [0.05, 0.1) is 23.3 Å². The van der Waals surface area contributed by atoms with E-state index in [4.69, 9.17) is 16.7 Å². The van der Waals surface area contributed by atoms with Crippen molar-refractivity contribution in [3.05, 3.63) is 37.4 Å². The average molecular weight is 501 g/mol. The fourth-order valence-electron chi connectivity index (χ4n) is 2.51. The zero-order valence-electron chi connectivity index (χ0n) is 15.6. The number of sulfonamides is 1. The van der Waals surface area contributed by atoms with Gasteiger partial charge < -0.3 is 19.9 Å². The van der Waals surface area contributed by atoms with Gasteiger partial charge in [0.2, 0.25) is 15.9 Å². The number of fused-ring (bicyclic) bond motifs is 1. The molecule has 1 atom stereocenters. The Morgan fingerprint density at radius 2 is 1.81 bits per heavy atom. The summed E-state index contributed by atoms with van der Waals surface area (Å²) in [5.41, 5.74) is 0.457. The summed E-state index contributed by atoms with van der Waals surface area (Å²) in [6.07, 6.45) is -0.783. The van der Waals surface area contributed by atoms with Crippen LogP contribution in [0, 0.1) is 20.2 Å². The Morgan fingerprint density at radius 3 is 2.32 bits per heavy atom. The molecule has 1 aromatic rings. The lowest BCUT2D eigenvalue weighted by Gasteiger charge is -2.30. The van der Waals surface area contributed by atoms with Crippen LogP contribution in [0.4, 0.5) is 5.69 Å². The highest BCUT2D eigenvalue weighted by atomic mass is 35.5. The second-order valence-corrected chi connectivity index (χ2v) is 8.76. The zero-order valence-corrected chi connectivity index (χ0v) is 17.9. The fourth-order valence-corrected chi connectivity index (χ4v) is 4.50. The molecule has 0 radical (unpaired) electrons. The molecule has 31 heavy (non-hydrogen) atoms. The minimum atomic E-state index is -4.02. The van der Waals surface area contributed by atoms with Crippen LogP contribution >= 0.6 is 23.5 Å². The molecule has 1 aliphatic heterocycles. The van der Waals surface area contributed by atoms with Crippen LogP contribution in [-0.4, -0.2) is 61.9 Å². The number of nitrogens with zero attached hydrogens (tertiary/aromatic N) is 3. The molecular formula is C13H17ClN6O9S2. The summed E-state index contributed by atoms with van der Waals surface area (Å²) in [5.74, 6) is -0.500. The third kappa shape index (κ3) is 7.55. The van der Waals surface area contributed by atoms with Crippen LogP contribution < -0.4 is 15.2 Å². The fraction of sp³-hybridized carbons (Fsp3) is 0.462. The third-order valence-corrected chi connectivity index (χ3v) is 6.16. The van der Waals surface area contributed by atoms with Gasteiger partial charge in [0.1, 0.15) is 18.1 Å². The van der Waals surface area contributed by atoms with Gasteiger partial charge in [0, 0.05) is 18.0 Å². The largest absolute Gasteiger partial charge is 0.368 e. The van der Waals surface area contributed by atoms with Crippen molar-refractivity contribution in [1.29, 1.82) is 0 Å². The molecule has 0 spiro atoms. The van der Waals surface area contributed by atoms with Crippen LogP contribution in [0.5, 0.6) is 0 Å². The number of primary sulfonamides is 1. The van der Waals surface area contributed by atoms with Crippen molar-refractivity contribution in [1.82, 2.24) is 9.62 Å². The normalized spacial score (nSPS) is 15.4. The van der Waals surface area contributed by atoms with E-state index in [1.165, 1.54) is 12.1 Å². The van der Waals surface area contributed by atoms with E-state index in [-0.39, 0.29) is 29.4 Å². The average Bonchev–Trinajstić information content (AvgIpc) is 2.64. The Bertz CT molecular complexity index is 943. The van der Waals surface area contributed by atoms with E-state index in [9.17, 15) is 33.4 Å². The number of amides is 1. The number of nitrogens with two attached hydrogens (primary N) is 1. The van der Waals surface area contributed by atoms with Gasteiger partial charge in [-0.05, 0) is 24.1 Å². The number of benzene rings is 1. The quantitative estimate of drug-likeness (QED) is 0.208. The van der Waals surface area contributed by atoms with Crippen LogP contribution in [0.2, 0.25) is 5.02 Å². The summed E-state index contributed by atoms with van der Waals surface area (Å²) in [6.45, 7) is -1.24. The standard InChI is InChI=1S/C13H17ClN6O9S2/c14-8-5-9-10(6-11(8)31(15,26)27)30-17-12(16-9)7-13(21)18(1-3-28-19(22)23)2-4-29-20(24)25/h5-6,12,16-17H,1-4,7H2,(H2,15,26,27). The van der Waals surface area contributed by atoms with Gasteiger partial charge in [0.25, 0.3) is 10.2 Å². The van der Waals surface area contributed by atoms with Crippen LogP contribution in [0.25, 0.3) is 0 Å². The molecule has 1 aliphatic rings. The highest BCUT2D eigenvalue weighted by Crippen LogP contribution is 2.36. The smallest absolute Gasteiger partial charge is 0.294 e. The van der Waals surface area contributed by atoms with Crippen LogP contribution in [0.15, 0.2) is 21.9 Å². The second kappa shape index (κ2) is 10.6. The molecule has 1 amide bonds. The number of halogens is 1. The van der Waals surface area contributed by atoms with Crippen molar-refractivity contribution in [2.45, 2.75) is 22.4 Å². The summed E-state index contributed by atoms with van der Waals surface area (Å²) >= 11 is 7.02. The van der Waals surface area contributed by atoms with E-state index in [0.29, 0.717) is 10.6 Å². The van der Waals surface area contributed by atoms with E-state index in [1.807, 2.05) is 0 Å². The topological polar surface area (TPSA) is 209 Å². The van der Waals surface area contributed by atoms with Crippen molar-refractivity contribution in [3.8, 4) is 0 Å². The Balaban J connectivity index is 2.04. The van der Waals surface area contributed by atoms with E-state index >= 15 is 0 Å². The molecule has 0 bridgehead atoms. The lowest BCUT2D eigenvalue weighted by Crippen LogP contribution is -2.43. The molecule has 0 saturated carbocycles. The van der Waals surface area contributed by atoms with Crippen molar-refractivity contribution < 1.29 is 33.1 Å². The monoisotopic (exact) mass is 500 g/mol. The summed E-state index contributed by atoms with van der Waals surface area (Å²) < 4.78 is 26.0. The molecule has 15 nitrogen and oxygen atoms in total. The Hall–Kier alpha value is -2.60. The number of rotatable bonds is 11. The molecule has 18 heteroatoms. The third-order valence-electron chi connectivity index (χ3n) is 3.83. The lowest BCUT2D eigenvalue weighted by atomic mass is 10.2. The van der Waals surface area contributed by atoms with E-state index in [0.717, 1.165) is 16.8 Å². The first-order chi connectivity index (χ1) is 14.5. The van der Waals surface area contributed by atoms with Gasteiger partial charge in [-0.2, -0.15) is 0 Å². The van der Waals surface area contributed by atoms with Gasteiger partial charge in [-0.25, -0.2) is 18.3 Å². The van der Waals surface area contributed by atoms with Gasteiger partial charge >= 0.3 is 0 Å². The van der Waals surface area contributed by atoms with Crippen molar-refractivity contribution in [2.75, 3.05) is 31.6 Å². The first-order valence-electron chi connectivity index (χ1n) is 8.35. The maximum absolute atomic E-state index is 12.6. The Morgan fingerprint density at radius 1 is 1.23 bits per heavy atom. The van der Waals surface area contributed by atoms with Crippen LogP contribution in [-0.2, 0) is 24.5 Å². The van der Waals surface area contributed by atoms with E-state index in [1.54, 1.807) is 0 Å². The van der Waals surface area contributed by atoms with Crippen molar-refractivity contribution in [2.24, 2.45) is 5.14 Å². The van der Waals surface area contributed by atoms with Crippen molar-refractivity contribution in [3.63, 3.8) is 0 Å². The maximum atomic E-state index is 12.6. The summed E-state index contributed by atoms with van der Waals surface area (Å²) in [5, 5.41) is 26.5. The Kier molecular flexibility index (Phi) is 8.45. The predicted molar refractivity (Wildman–Crippen MR) is 106 cm³/mol. The van der Waals surface area contributed by atoms with Crippen LogP contribution in [0.3, 0.4) is 0 Å². The van der Waals surface area contributed by atoms with Crippen molar-refractivity contribution >= 4 is 45.2 Å². The van der Waals surface area contributed by atoms with Crippen LogP contribution in [0.1, 0.15) is 6.42 Å². The number of nitrogens with one attached hydrogen (secondary N) is 2. The minimum Gasteiger partial charge on any atom is -0.368 e. The minimum absolute atomic E-state index is 0.100. The molecule has 2 rings (SSSR count). The van der Waals surface area contributed by atoms with E-state index < -0.39 is 45.5 Å². The number of hydrogen-bond donors (Lipinski definition) is 3. The molecule has 1 heterocycles. The number of hydrogen-bond acceptors (Lipinski definition) is 12. The van der Waals surface area contributed by atoms with Gasteiger partial charge in [-0.1, -0.05) is 11.6 Å². The lowest BCUT2D eigenvalue weighted by molar-refractivity contribution is -0.758. The first-order valence-corrected chi connectivity index (χ1v) is 11.1. The number of carbonyl (C=O) groups is 1. The Labute approximate surface area is 184 Å². The molecular weight excluding hydrogens is 484 g/mol. The summed E-state index contributed by atoms with van der Waals surface area (Å²) in [4.78, 5) is 42.9. The highest BCUT2D eigenvalue weighted by Gasteiger charge is 2.26. The second-order valence-electron chi connectivity index (χ2n) is 5.94. The molecule has 4 N–H and O–H groups in total. The summed E-state index contributed by atoms with van der Waals surface area (Å²) in [6, 6.07) is 2.64. The molecule has 0 fully saturated rings. The zero-order chi connectivity index (χ0) is 23.2. The molecule has 0 aliphatic carbocycles. The maximum Gasteiger partial charge on any atom is 0.294 e. The van der Waals surface area contributed by atoms with Gasteiger partial charge in [-0.15, -0.1) is 20.2 Å². The van der Waals surface area contributed by atoms with E-state index in [2.05, 4.69) is 19.7 Å². The summed E-state index contributed by atoms with van der Waals surface area (Å²) in [7, 11) is -4.02. The number of anilines is 1. The molecule has 1 aromatic carbocycles. The highest BCUT2D eigenvalue weighted by molar-refractivity contribution is 7.97. The molecule has 172 valence electrons. The molecule has 1 unspecified atom stereocenters. The SMILES string of the molecule is NS(=O)(=O)c1cc2c(cc1Cl)NC(CC(=O)N(CCO[N+](=O)[O-])CCO[N+](=O)[O-])NS2. The molecule has 0 saturated heterocycles. The van der Waals surface area contributed by atoms with Gasteiger partial charge in [0.15, 0.2) is 0 Å². The predicted octanol–water partition coefficient (Wildman–Crippen LogP) is -0.0290. The molecule has 0 aromatic heterocycles. The first kappa shape index (κ1) is 24.7. The number of carbonyl (C=O) groups excluding carboxylic acids is 1. The van der Waals surface area contributed by atoms with Gasteiger partial charge in [-0.3, -0.25) is 4.79 Å².